The molecule has 2 aromatic carbocycles. The number of esters is 2. The van der Waals surface area contributed by atoms with Crippen LogP contribution >= 0.6 is 69.8 Å². The number of hydrogen-bond acceptors (Lipinski definition) is 8. The number of unbranched alkanes of at least 4 members (excludes halogenated alkanes) is 2. The molecule has 2 aromatic rings. The number of ether oxygens (including phenoxy) is 2. The Morgan fingerprint density at radius 3 is 1.50 bits per heavy atom. The fraction of sp³-hybridized carbons (Fsp3) is 0.500. The van der Waals surface area contributed by atoms with Gasteiger partial charge in [0.15, 0.2) is 0 Å². The van der Waals surface area contributed by atoms with Crippen LogP contribution in [0.1, 0.15) is 50.7 Å². The first-order valence-corrected chi connectivity index (χ1v) is 23.9. The summed E-state index contributed by atoms with van der Waals surface area (Å²) >= 11 is 27.9. The average Bonchev–Trinajstić information content (AvgIpc) is 3.11. The Morgan fingerprint density at radius 1 is 0.741 bits per heavy atom. The summed E-state index contributed by atoms with van der Waals surface area (Å²) in [6.45, 7) is 8.76. The van der Waals surface area contributed by atoms with E-state index in [2.05, 4.69) is 13.2 Å². The number of nitrogens with zero attached hydrogens (tertiary/aromatic N) is 2. The molecule has 54 heavy (non-hydrogen) atoms. The molecule has 0 amide bonds. The van der Waals surface area contributed by atoms with Crippen molar-refractivity contribution in [3.05, 3.63) is 85.0 Å². The Kier molecular flexibility index (Phi) is 31.5. The van der Waals surface area contributed by atoms with E-state index in [1.807, 2.05) is 12.1 Å². The van der Waals surface area contributed by atoms with Crippen molar-refractivity contribution in [1.82, 2.24) is 9.34 Å². The predicted molar refractivity (Wildman–Crippen MR) is 219 cm³/mol. The fourth-order valence-electron chi connectivity index (χ4n) is 4.06. The van der Waals surface area contributed by atoms with Crippen molar-refractivity contribution in [2.24, 2.45) is 11.8 Å². The molecular formula is C36H52Cl5LiN2O8P2. The zero-order valence-corrected chi connectivity index (χ0v) is 37.3. The van der Waals surface area contributed by atoms with Gasteiger partial charge >= 0.3 is 43.7 Å². The van der Waals surface area contributed by atoms with Crippen molar-refractivity contribution < 1.29 is 56.7 Å². The summed E-state index contributed by atoms with van der Waals surface area (Å²) in [6.07, 6.45) is 7.56. The molecule has 0 aliphatic carbocycles. The molecule has 0 heterocycles. The van der Waals surface area contributed by atoms with Crippen molar-refractivity contribution >= 4 is 81.7 Å². The zero-order valence-electron chi connectivity index (χ0n) is 31.8. The monoisotopic (exact) mass is 884 g/mol. The molecule has 0 spiro atoms. The summed E-state index contributed by atoms with van der Waals surface area (Å²) < 4.78 is 41.8. The summed E-state index contributed by atoms with van der Waals surface area (Å²) in [5.41, 5.74) is 1.91. The quantitative estimate of drug-likeness (QED) is 0.0294. The Bertz CT molecular complexity index is 1460. The topological polar surface area (TPSA) is 126 Å². The van der Waals surface area contributed by atoms with Crippen molar-refractivity contribution in [1.29, 1.82) is 0 Å². The largest absolute Gasteiger partial charge is 1.00 e. The zero-order chi connectivity index (χ0) is 40.5. The van der Waals surface area contributed by atoms with Gasteiger partial charge in [-0.1, -0.05) is 75.6 Å². The normalized spacial score (nSPS) is 13.0. The van der Waals surface area contributed by atoms with E-state index in [-0.39, 0.29) is 61.6 Å². The SMILES string of the molecule is C=CCOC(=O)C(C)Cc1ccc(OP(=O)(Cl)N(C)CCCCCl)cc1.C=CCOC(=O)C(C)Cc1ccc([O-])cc1.CN(CCCCCl)P(=O)(Cl)Cl.[Li+]. The van der Waals surface area contributed by atoms with Crippen LogP contribution in [0.25, 0.3) is 0 Å². The van der Waals surface area contributed by atoms with Gasteiger partial charge in [-0.25, -0.2) is 13.9 Å². The minimum Gasteiger partial charge on any atom is -0.872 e. The van der Waals surface area contributed by atoms with Gasteiger partial charge in [0.25, 0.3) is 0 Å². The Hall–Kier alpha value is -1.11. The van der Waals surface area contributed by atoms with Crippen LogP contribution in [0.4, 0.5) is 0 Å². The van der Waals surface area contributed by atoms with Crippen LogP contribution in [0, 0.1) is 11.8 Å². The van der Waals surface area contributed by atoms with Crippen molar-refractivity contribution in [2.75, 3.05) is 52.2 Å². The van der Waals surface area contributed by atoms with E-state index in [9.17, 15) is 23.8 Å². The van der Waals surface area contributed by atoms with Gasteiger partial charge in [-0.3, -0.25) is 14.2 Å². The number of benzene rings is 2. The van der Waals surface area contributed by atoms with E-state index in [1.54, 1.807) is 52.2 Å². The van der Waals surface area contributed by atoms with Gasteiger partial charge in [-0.15, -0.1) is 29.0 Å². The molecular weight excluding hydrogens is 835 g/mol. The third-order valence-corrected chi connectivity index (χ3v) is 12.7. The summed E-state index contributed by atoms with van der Waals surface area (Å²) in [4.78, 5) is 23.2. The maximum atomic E-state index is 12.5. The minimum absolute atomic E-state index is 0. The van der Waals surface area contributed by atoms with Crippen LogP contribution in [0.5, 0.6) is 11.5 Å². The van der Waals surface area contributed by atoms with Gasteiger partial charge in [0, 0.05) is 36.1 Å². The van der Waals surface area contributed by atoms with E-state index >= 15 is 0 Å². The second kappa shape index (κ2) is 31.0. The van der Waals surface area contributed by atoms with Crippen LogP contribution < -0.4 is 28.5 Å². The first-order chi connectivity index (χ1) is 24.9. The number of carbonyl (C=O) groups excluding carboxylic acids is 2. The molecule has 0 N–H and O–H groups in total. The molecule has 3 unspecified atom stereocenters. The third-order valence-electron chi connectivity index (χ3n) is 7.18. The van der Waals surface area contributed by atoms with E-state index in [0.29, 0.717) is 43.4 Å². The number of carbonyl (C=O) groups is 2. The molecule has 10 nitrogen and oxygen atoms in total. The molecule has 0 aliphatic rings. The fourth-order valence-corrected chi connectivity index (χ4v) is 6.63. The summed E-state index contributed by atoms with van der Waals surface area (Å²) in [5, 5.41) is 10.9. The van der Waals surface area contributed by atoms with Crippen LogP contribution in [-0.2, 0) is 41.0 Å². The van der Waals surface area contributed by atoms with Gasteiger partial charge in [0.2, 0.25) is 0 Å². The van der Waals surface area contributed by atoms with Crippen LogP contribution in [0.15, 0.2) is 73.8 Å². The molecule has 0 aliphatic heterocycles. The first-order valence-electron chi connectivity index (χ1n) is 16.8. The van der Waals surface area contributed by atoms with E-state index < -0.39 is 12.9 Å². The average molecular weight is 887 g/mol. The Morgan fingerprint density at radius 2 is 1.13 bits per heavy atom. The maximum absolute atomic E-state index is 12.5. The molecule has 0 bridgehead atoms. The second-order valence-corrected chi connectivity index (χ2v) is 20.5. The number of rotatable bonds is 22. The standard InChI is InChI=1S/C18H26Cl2NO4P.C13H16O3.C5H11Cl3NOP.Li/c1-4-13-24-18(22)15(2)14-16-7-9-17(10-8-16)25-26(20,23)21(3)12-6-5-11-19;1-3-8-16-13(15)10(2)9-11-4-6-12(14)7-5-11;1-9(11(7,8)10)5-3-2-4-6;/h4,7-10,15H,1,5-6,11-14H2,2-3H3;3-7,10,14H,1,8-9H2,2H3;2-5H2,1H3;/q;;;+1/p-1. The van der Waals surface area contributed by atoms with Gasteiger partial charge in [-0.2, -0.15) is 0 Å². The molecule has 0 fully saturated rings. The molecule has 0 saturated carbocycles. The van der Waals surface area contributed by atoms with Gasteiger partial charge in [-0.05, 0) is 98.4 Å². The molecule has 18 heteroatoms. The van der Waals surface area contributed by atoms with Crippen LogP contribution in [0.2, 0.25) is 0 Å². The summed E-state index contributed by atoms with van der Waals surface area (Å²) in [6, 6.07) is 13.5. The van der Waals surface area contributed by atoms with E-state index in [0.717, 1.165) is 36.8 Å². The van der Waals surface area contributed by atoms with Gasteiger partial charge in [0.1, 0.15) is 19.0 Å². The third kappa shape index (κ3) is 25.9. The van der Waals surface area contributed by atoms with Crippen LogP contribution in [-0.4, -0.2) is 73.4 Å². The molecule has 2 rings (SSSR count). The smallest absolute Gasteiger partial charge is 0.872 e. The molecule has 0 aromatic heterocycles. The summed E-state index contributed by atoms with van der Waals surface area (Å²) in [5.74, 6) is -2.49. The van der Waals surface area contributed by atoms with Gasteiger partial charge in [0.05, 0.1) is 11.8 Å². The Balaban J connectivity index is 0. The van der Waals surface area contributed by atoms with Crippen molar-refractivity contribution in [3.63, 3.8) is 0 Å². The van der Waals surface area contributed by atoms with Gasteiger partial charge < -0.3 is 19.1 Å². The molecule has 3 atom stereocenters. The van der Waals surface area contributed by atoms with Crippen LogP contribution in [0.3, 0.4) is 0 Å². The Labute approximate surface area is 358 Å². The predicted octanol–water partition coefficient (Wildman–Crippen LogP) is 7.47. The number of alkyl halides is 2. The van der Waals surface area contributed by atoms with E-state index in [1.165, 1.54) is 33.6 Å². The minimum atomic E-state index is -3.44. The maximum Gasteiger partial charge on any atom is 1.00 e. The number of hydrogen-bond donors (Lipinski definition) is 0. The molecule has 0 saturated heterocycles. The molecule has 300 valence electrons. The number of halogens is 5. The van der Waals surface area contributed by atoms with E-state index in [4.69, 9.17) is 70.9 Å². The first kappa shape index (κ1) is 55.0. The van der Waals surface area contributed by atoms with Crippen molar-refractivity contribution in [3.8, 4) is 11.5 Å². The molecule has 0 radical (unpaired) electrons. The van der Waals surface area contributed by atoms with Crippen molar-refractivity contribution in [2.45, 2.75) is 52.4 Å². The second-order valence-electron chi connectivity index (χ2n) is 11.9. The summed E-state index contributed by atoms with van der Waals surface area (Å²) in [7, 11) is 3.29.